The second-order valence-electron chi connectivity index (χ2n) is 4.62. The molecule has 0 heterocycles. The Balaban J connectivity index is 1.94. The van der Waals surface area contributed by atoms with Crippen LogP contribution in [-0.2, 0) is 13.0 Å². The van der Waals surface area contributed by atoms with Crippen LogP contribution in [-0.4, -0.2) is 13.2 Å². The highest BCUT2D eigenvalue weighted by atomic mass is 79.9. The summed E-state index contributed by atoms with van der Waals surface area (Å²) in [5.41, 5.74) is 2.49. The zero-order valence-electron chi connectivity index (χ0n) is 11.7. The molecule has 20 heavy (non-hydrogen) atoms. The number of halogens is 1. The summed E-state index contributed by atoms with van der Waals surface area (Å²) >= 11 is 3.51. The highest BCUT2D eigenvalue weighted by Crippen LogP contribution is 2.23. The highest BCUT2D eigenvalue weighted by Gasteiger charge is 2.04. The lowest BCUT2D eigenvalue weighted by Crippen LogP contribution is -2.13. The Morgan fingerprint density at radius 1 is 1.10 bits per heavy atom. The van der Waals surface area contributed by atoms with Crippen LogP contribution in [0.3, 0.4) is 0 Å². The molecule has 2 aromatic carbocycles. The Kier molecular flexibility index (Phi) is 6.09. The molecule has 0 atom stereocenters. The van der Waals surface area contributed by atoms with Gasteiger partial charge in [0.2, 0.25) is 0 Å². The Labute approximate surface area is 129 Å². The first kappa shape index (κ1) is 15.1. The maximum Gasteiger partial charge on any atom is 0.123 e. The molecule has 1 N–H and O–H groups in total. The second kappa shape index (κ2) is 8.08. The summed E-state index contributed by atoms with van der Waals surface area (Å²) in [6.45, 7) is 4.59. The van der Waals surface area contributed by atoms with Crippen molar-refractivity contribution in [2.24, 2.45) is 0 Å². The van der Waals surface area contributed by atoms with Crippen LogP contribution < -0.4 is 10.1 Å². The summed E-state index contributed by atoms with van der Waals surface area (Å²) < 4.78 is 7.02. The van der Waals surface area contributed by atoms with E-state index >= 15 is 0 Å². The average molecular weight is 334 g/mol. The van der Waals surface area contributed by atoms with E-state index in [1.54, 1.807) is 0 Å². The quantitative estimate of drug-likeness (QED) is 0.820. The van der Waals surface area contributed by atoms with E-state index in [4.69, 9.17) is 4.74 Å². The summed E-state index contributed by atoms with van der Waals surface area (Å²) in [5.74, 6) is 0.963. The number of rotatable bonds is 7. The Morgan fingerprint density at radius 2 is 1.90 bits per heavy atom. The first-order valence-corrected chi connectivity index (χ1v) is 7.74. The van der Waals surface area contributed by atoms with Gasteiger partial charge in [-0.1, -0.05) is 53.2 Å². The third kappa shape index (κ3) is 4.66. The standard InChI is InChI=1S/C17H20BrNO/c1-2-19-13-15-12-16(18)8-9-17(15)20-11-10-14-6-4-3-5-7-14/h3-9,12,19H,2,10-11,13H2,1H3. The number of benzene rings is 2. The summed E-state index contributed by atoms with van der Waals surface area (Å²) in [6, 6.07) is 16.6. The fraction of sp³-hybridized carbons (Fsp3) is 0.294. The molecule has 0 unspecified atom stereocenters. The summed E-state index contributed by atoms with van der Waals surface area (Å²) in [7, 11) is 0. The summed E-state index contributed by atoms with van der Waals surface area (Å²) in [4.78, 5) is 0. The molecule has 0 aliphatic heterocycles. The lowest BCUT2D eigenvalue weighted by atomic mass is 10.1. The predicted octanol–water partition coefficient (Wildman–Crippen LogP) is 4.18. The van der Waals surface area contributed by atoms with Gasteiger partial charge in [0, 0.05) is 23.0 Å². The molecule has 3 heteroatoms. The van der Waals surface area contributed by atoms with E-state index < -0.39 is 0 Å². The van der Waals surface area contributed by atoms with Gasteiger partial charge in [0.15, 0.2) is 0 Å². The number of hydrogen-bond donors (Lipinski definition) is 1. The monoisotopic (exact) mass is 333 g/mol. The van der Waals surface area contributed by atoms with E-state index in [-0.39, 0.29) is 0 Å². The topological polar surface area (TPSA) is 21.3 Å². The van der Waals surface area contributed by atoms with Crippen LogP contribution in [0.1, 0.15) is 18.1 Å². The van der Waals surface area contributed by atoms with E-state index in [0.29, 0.717) is 6.61 Å². The van der Waals surface area contributed by atoms with Gasteiger partial charge in [-0.15, -0.1) is 0 Å². The van der Waals surface area contributed by atoms with Crippen molar-refractivity contribution < 1.29 is 4.74 Å². The number of ether oxygens (including phenoxy) is 1. The maximum atomic E-state index is 5.93. The molecule has 0 spiro atoms. The van der Waals surface area contributed by atoms with Crippen molar-refractivity contribution in [3.63, 3.8) is 0 Å². The zero-order chi connectivity index (χ0) is 14.2. The third-order valence-electron chi connectivity index (χ3n) is 3.08. The van der Waals surface area contributed by atoms with Gasteiger partial charge >= 0.3 is 0 Å². The van der Waals surface area contributed by atoms with Crippen LogP contribution >= 0.6 is 15.9 Å². The van der Waals surface area contributed by atoms with Gasteiger partial charge < -0.3 is 10.1 Å². The molecule has 106 valence electrons. The Hall–Kier alpha value is -1.32. The molecule has 2 rings (SSSR count). The minimum Gasteiger partial charge on any atom is -0.493 e. The fourth-order valence-electron chi connectivity index (χ4n) is 2.01. The maximum absolute atomic E-state index is 5.93. The molecular weight excluding hydrogens is 314 g/mol. The first-order valence-electron chi connectivity index (χ1n) is 6.95. The first-order chi connectivity index (χ1) is 9.79. The second-order valence-corrected chi connectivity index (χ2v) is 5.53. The largest absolute Gasteiger partial charge is 0.493 e. The van der Waals surface area contributed by atoms with Crippen molar-refractivity contribution in [3.8, 4) is 5.75 Å². The van der Waals surface area contributed by atoms with Crippen molar-refractivity contribution in [2.45, 2.75) is 19.9 Å². The van der Waals surface area contributed by atoms with Crippen molar-refractivity contribution in [1.29, 1.82) is 0 Å². The Bertz CT molecular complexity index is 528. The van der Waals surface area contributed by atoms with Crippen molar-refractivity contribution in [3.05, 3.63) is 64.1 Å². The van der Waals surface area contributed by atoms with Crippen molar-refractivity contribution in [2.75, 3.05) is 13.2 Å². The van der Waals surface area contributed by atoms with Crippen LogP contribution in [0.15, 0.2) is 53.0 Å². The molecule has 0 aliphatic rings. The van der Waals surface area contributed by atoms with Crippen LogP contribution in [0, 0.1) is 0 Å². The molecule has 0 fully saturated rings. The van der Waals surface area contributed by atoms with Gasteiger partial charge in [0.05, 0.1) is 6.61 Å². The molecule has 2 aromatic rings. The van der Waals surface area contributed by atoms with Gasteiger partial charge in [-0.2, -0.15) is 0 Å². The van der Waals surface area contributed by atoms with E-state index in [1.807, 2.05) is 18.2 Å². The fourth-order valence-corrected chi connectivity index (χ4v) is 2.42. The number of nitrogens with one attached hydrogen (secondary N) is 1. The predicted molar refractivity (Wildman–Crippen MR) is 87.2 cm³/mol. The smallest absolute Gasteiger partial charge is 0.123 e. The normalized spacial score (nSPS) is 10.5. The lowest BCUT2D eigenvalue weighted by molar-refractivity contribution is 0.317. The van der Waals surface area contributed by atoms with Crippen LogP contribution in [0.2, 0.25) is 0 Å². The molecule has 0 saturated heterocycles. The molecular formula is C17H20BrNO. The van der Waals surface area contributed by atoms with Crippen LogP contribution in [0.5, 0.6) is 5.75 Å². The minimum absolute atomic E-state index is 0.699. The Morgan fingerprint density at radius 3 is 2.65 bits per heavy atom. The van der Waals surface area contributed by atoms with E-state index in [1.165, 1.54) is 11.1 Å². The number of hydrogen-bond acceptors (Lipinski definition) is 2. The van der Waals surface area contributed by atoms with Gasteiger partial charge in [0.1, 0.15) is 5.75 Å². The van der Waals surface area contributed by atoms with E-state index in [0.717, 1.165) is 29.7 Å². The molecule has 0 radical (unpaired) electrons. The van der Waals surface area contributed by atoms with E-state index in [2.05, 4.69) is 58.5 Å². The molecule has 0 saturated carbocycles. The van der Waals surface area contributed by atoms with Crippen LogP contribution in [0.4, 0.5) is 0 Å². The molecule has 0 bridgehead atoms. The minimum atomic E-state index is 0.699. The molecule has 0 amide bonds. The van der Waals surface area contributed by atoms with Crippen LogP contribution in [0.25, 0.3) is 0 Å². The average Bonchev–Trinajstić information content (AvgIpc) is 2.48. The summed E-state index contributed by atoms with van der Waals surface area (Å²) in [6.07, 6.45) is 0.928. The zero-order valence-corrected chi connectivity index (χ0v) is 13.3. The molecule has 2 nitrogen and oxygen atoms in total. The van der Waals surface area contributed by atoms with Crippen molar-refractivity contribution >= 4 is 15.9 Å². The molecule has 0 aromatic heterocycles. The van der Waals surface area contributed by atoms with Gasteiger partial charge in [-0.25, -0.2) is 0 Å². The van der Waals surface area contributed by atoms with E-state index in [9.17, 15) is 0 Å². The van der Waals surface area contributed by atoms with Gasteiger partial charge in [-0.3, -0.25) is 0 Å². The lowest BCUT2D eigenvalue weighted by Gasteiger charge is -2.12. The highest BCUT2D eigenvalue weighted by molar-refractivity contribution is 9.10. The van der Waals surface area contributed by atoms with Gasteiger partial charge in [-0.05, 0) is 30.3 Å². The summed E-state index contributed by atoms with van der Waals surface area (Å²) in [5, 5.41) is 3.34. The molecule has 0 aliphatic carbocycles. The SMILES string of the molecule is CCNCc1cc(Br)ccc1OCCc1ccccc1. The van der Waals surface area contributed by atoms with Gasteiger partial charge in [0.25, 0.3) is 0 Å². The van der Waals surface area contributed by atoms with Crippen molar-refractivity contribution in [1.82, 2.24) is 5.32 Å². The third-order valence-corrected chi connectivity index (χ3v) is 3.57.